The summed E-state index contributed by atoms with van der Waals surface area (Å²) in [6.07, 6.45) is 3.47. The van der Waals surface area contributed by atoms with Crippen molar-refractivity contribution in [3.8, 4) is 17.1 Å². The Morgan fingerprint density at radius 3 is 2.63 bits per heavy atom. The number of hydrogen-bond donors (Lipinski definition) is 0. The second kappa shape index (κ2) is 10.4. The van der Waals surface area contributed by atoms with Crippen molar-refractivity contribution < 1.29 is 9.53 Å². The van der Waals surface area contributed by atoms with E-state index in [1.807, 2.05) is 65.1 Å². The second-order valence-electron chi connectivity index (χ2n) is 8.21. The maximum absolute atomic E-state index is 13.0. The van der Waals surface area contributed by atoms with Crippen molar-refractivity contribution in [1.29, 1.82) is 0 Å². The predicted octanol–water partition coefficient (Wildman–Crippen LogP) is 4.98. The van der Waals surface area contributed by atoms with E-state index >= 15 is 0 Å². The minimum Gasteiger partial charge on any atom is -0.372 e. The number of carbonyl (C=O) groups excluding carboxylic acids is 1. The summed E-state index contributed by atoms with van der Waals surface area (Å²) >= 11 is 9.50. The Morgan fingerprint density at radius 1 is 1.14 bits per heavy atom. The van der Waals surface area contributed by atoms with Gasteiger partial charge in [0.05, 0.1) is 28.7 Å². The van der Waals surface area contributed by atoms with E-state index in [1.165, 1.54) is 23.1 Å². The van der Waals surface area contributed by atoms with Gasteiger partial charge in [-0.3, -0.25) is 14.3 Å². The summed E-state index contributed by atoms with van der Waals surface area (Å²) in [6.45, 7) is 5.11. The van der Waals surface area contributed by atoms with Gasteiger partial charge in [-0.2, -0.15) is 0 Å². The lowest BCUT2D eigenvalue weighted by molar-refractivity contribution is -0.0587. The molecule has 3 aromatic heterocycles. The van der Waals surface area contributed by atoms with E-state index in [-0.39, 0.29) is 18.1 Å². The second-order valence-corrected chi connectivity index (χ2v) is 10.5. The van der Waals surface area contributed by atoms with E-state index in [4.69, 9.17) is 16.3 Å². The van der Waals surface area contributed by atoms with Gasteiger partial charge in [0.1, 0.15) is 10.7 Å². The molecule has 11 heteroatoms. The third kappa shape index (κ3) is 5.25. The quantitative estimate of drug-likeness (QED) is 0.327. The number of thioether (sulfide) groups is 1. The van der Waals surface area contributed by atoms with Gasteiger partial charge in [-0.25, -0.2) is 4.98 Å². The number of hydrogen-bond acceptors (Lipinski definition) is 8. The summed E-state index contributed by atoms with van der Waals surface area (Å²) in [5, 5.41) is 12.8. The van der Waals surface area contributed by atoms with Crippen LogP contribution in [0.3, 0.4) is 0 Å². The summed E-state index contributed by atoms with van der Waals surface area (Å²) < 4.78 is 7.69. The van der Waals surface area contributed by atoms with Crippen molar-refractivity contribution in [2.75, 3.05) is 13.1 Å². The number of para-hydroxylation sites is 1. The number of halogens is 1. The van der Waals surface area contributed by atoms with E-state index in [9.17, 15) is 4.79 Å². The average Bonchev–Trinajstić information content (AvgIpc) is 3.50. The Balaban J connectivity index is 1.37. The van der Waals surface area contributed by atoms with Gasteiger partial charge in [0.2, 0.25) is 0 Å². The van der Waals surface area contributed by atoms with Gasteiger partial charge in [0, 0.05) is 36.4 Å². The highest BCUT2D eigenvalue weighted by molar-refractivity contribution is 7.98. The van der Waals surface area contributed by atoms with Gasteiger partial charge < -0.3 is 9.64 Å². The Hall–Kier alpha value is -2.79. The molecule has 180 valence electrons. The van der Waals surface area contributed by atoms with Crippen LogP contribution in [0.4, 0.5) is 0 Å². The summed E-state index contributed by atoms with van der Waals surface area (Å²) in [4.78, 5) is 23.5. The van der Waals surface area contributed by atoms with Crippen LogP contribution in [-0.4, -0.2) is 60.8 Å². The third-order valence-electron chi connectivity index (χ3n) is 5.47. The maximum atomic E-state index is 13.0. The van der Waals surface area contributed by atoms with Crippen molar-refractivity contribution in [3.63, 3.8) is 0 Å². The van der Waals surface area contributed by atoms with Crippen LogP contribution in [0.5, 0.6) is 0 Å². The van der Waals surface area contributed by atoms with Crippen LogP contribution in [0.1, 0.15) is 29.3 Å². The van der Waals surface area contributed by atoms with Crippen LogP contribution in [0, 0.1) is 0 Å². The fraction of sp³-hybridized carbons (Fsp3) is 0.292. The molecule has 0 aliphatic carbocycles. The molecule has 0 saturated carbocycles. The Labute approximate surface area is 216 Å². The lowest BCUT2D eigenvalue weighted by atomic mass is 10.2. The molecule has 1 amide bonds. The molecular formula is C24H23ClN6O2S2. The highest BCUT2D eigenvalue weighted by atomic mass is 35.5. The molecule has 4 aromatic rings. The zero-order valence-corrected chi connectivity index (χ0v) is 21.6. The molecule has 0 bridgehead atoms. The number of carbonyl (C=O) groups is 1. The largest absolute Gasteiger partial charge is 0.372 e. The van der Waals surface area contributed by atoms with Gasteiger partial charge in [-0.1, -0.05) is 35.5 Å². The fourth-order valence-electron chi connectivity index (χ4n) is 4.01. The van der Waals surface area contributed by atoms with Crippen molar-refractivity contribution in [1.82, 2.24) is 29.6 Å². The van der Waals surface area contributed by atoms with Crippen LogP contribution in [-0.2, 0) is 10.5 Å². The SMILES string of the molecule is CC1CN(C(=O)c2csc(CSc3nnc(-c4ccncc4)n3-c3ccccc3Cl)n2)CC(C)O1. The lowest BCUT2D eigenvalue weighted by Gasteiger charge is -2.34. The number of rotatable bonds is 6. The molecule has 5 rings (SSSR count). The Morgan fingerprint density at radius 2 is 1.89 bits per heavy atom. The first-order chi connectivity index (χ1) is 17.0. The number of pyridine rings is 1. The molecule has 1 aliphatic heterocycles. The van der Waals surface area contributed by atoms with Gasteiger partial charge in [0.15, 0.2) is 11.0 Å². The minimum absolute atomic E-state index is 0.0159. The molecular weight excluding hydrogens is 504 g/mol. The molecule has 4 heterocycles. The number of morpholine rings is 1. The van der Waals surface area contributed by atoms with Crippen LogP contribution in [0.25, 0.3) is 17.1 Å². The Kier molecular flexibility index (Phi) is 7.14. The molecule has 1 aromatic carbocycles. The summed E-state index contributed by atoms with van der Waals surface area (Å²) in [7, 11) is 0. The smallest absolute Gasteiger partial charge is 0.273 e. The normalized spacial score (nSPS) is 18.1. The molecule has 0 N–H and O–H groups in total. The zero-order valence-electron chi connectivity index (χ0n) is 19.2. The van der Waals surface area contributed by atoms with Crippen LogP contribution < -0.4 is 0 Å². The van der Waals surface area contributed by atoms with E-state index < -0.39 is 0 Å². The maximum Gasteiger partial charge on any atom is 0.273 e. The first-order valence-corrected chi connectivity index (χ1v) is 13.4. The van der Waals surface area contributed by atoms with E-state index in [2.05, 4.69) is 20.2 Å². The van der Waals surface area contributed by atoms with Crippen molar-refractivity contribution in [2.45, 2.75) is 37.0 Å². The summed E-state index contributed by atoms with van der Waals surface area (Å²) in [5.41, 5.74) is 2.14. The molecule has 1 saturated heterocycles. The standard InChI is InChI=1S/C24H23ClN6O2S2/c1-15-11-30(12-16(2)33-15)23(32)19-13-34-21(27-19)14-35-24-29-28-22(17-7-9-26-10-8-17)31(24)20-6-4-3-5-18(20)25/h3-10,13,15-16H,11-12,14H2,1-2H3. The molecule has 2 atom stereocenters. The number of thiazole rings is 1. The molecule has 0 radical (unpaired) electrons. The molecule has 2 unspecified atom stereocenters. The Bertz CT molecular complexity index is 1320. The van der Waals surface area contributed by atoms with Gasteiger partial charge >= 0.3 is 0 Å². The van der Waals surface area contributed by atoms with E-state index in [1.54, 1.807) is 12.4 Å². The molecule has 1 aliphatic rings. The molecule has 8 nitrogen and oxygen atoms in total. The van der Waals surface area contributed by atoms with Crippen molar-refractivity contribution in [2.24, 2.45) is 0 Å². The number of benzene rings is 1. The van der Waals surface area contributed by atoms with Crippen LogP contribution in [0.15, 0.2) is 59.3 Å². The van der Waals surface area contributed by atoms with Gasteiger partial charge in [-0.05, 0) is 38.1 Å². The average molecular weight is 527 g/mol. The number of amides is 1. The van der Waals surface area contributed by atoms with E-state index in [0.29, 0.717) is 40.5 Å². The fourth-order valence-corrected chi connectivity index (χ4v) is 5.96. The number of ether oxygens (including phenoxy) is 1. The molecule has 0 spiro atoms. The van der Waals surface area contributed by atoms with E-state index in [0.717, 1.165) is 16.3 Å². The monoisotopic (exact) mass is 526 g/mol. The first kappa shape index (κ1) is 23.9. The highest BCUT2D eigenvalue weighted by Gasteiger charge is 2.28. The van der Waals surface area contributed by atoms with Crippen molar-refractivity contribution >= 4 is 40.6 Å². The zero-order chi connectivity index (χ0) is 24.4. The van der Waals surface area contributed by atoms with Crippen LogP contribution in [0.2, 0.25) is 5.02 Å². The van der Waals surface area contributed by atoms with Crippen LogP contribution >= 0.6 is 34.7 Å². The summed E-state index contributed by atoms with van der Waals surface area (Å²) in [5.74, 6) is 1.17. The summed E-state index contributed by atoms with van der Waals surface area (Å²) in [6, 6.07) is 11.4. The third-order valence-corrected chi connectivity index (χ3v) is 7.76. The van der Waals surface area contributed by atoms with Crippen molar-refractivity contribution in [3.05, 3.63) is 69.9 Å². The van der Waals surface area contributed by atoms with Gasteiger partial charge in [-0.15, -0.1) is 21.5 Å². The number of nitrogens with zero attached hydrogens (tertiary/aromatic N) is 6. The molecule has 35 heavy (non-hydrogen) atoms. The number of aromatic nitrogens is 5. The first-order valence-electron chi connectivity index (χ1n) is 11.1. The predicted molar refractivity (Wildman–Crippen MR) is 137 cm³/mol. The topological polar surface area (TPSA) is 86.0 Å². The molecule has 1 fully saturated rings. The minimum atomic E-state index is -0.0568. The van der Waals surface area contributed by atoms with Gasteiger partial charge in [0.25, 0.3) is 5.91 Å². The highest BCUT2D eigenvalue weighted by Crippen LogP contribution is 2.33. The lowest BCUT2D eigenvalue weighted by Crippen LogP contribution is -2.48.